The molecule has 4 heterocycles. The van der Waals surface area contributed by atoms with E-state index >= 15 is 0 Å². The zero-order valence-corrected chi connectivity index (χ0v) is 15.6. The van der Waals surface area contributed by atoms with Gasteiger partial charge in [-0.2, -0.15) is 0 Å². The van der Waals surface area contributed by atoms with Gasteiger partial charge in [-0.15, -0.1) is 0 Å². The van der Waals surface area contributed by atoms with Crippen molar-refractivity contribution in [2.45, 2.75) is 45.6 Å². The first kappa shape index (κ1) is 17.5. The SMILES string of the molecule is CCc1c(C)nc2cc(C3CCCCN3C(=O)c3ccccn3)[nH]n2c1=O. The number of aryl methyl sites for hydroxylation is 1. The third-order valence-corrected chi connectivity index (χ3v) is 5.30. The molecule has 1 saturated heterocycles. The van der Waals surface area contributed by atoms with Crippen molar-refractivity contribution in [3.63, 3.8) is 0 Å². The van der Waals surface area contributed by atoms with Crippen LogP contribution in [0.3, 0.4) is 0 Å². The standard InChI is InChI=1S/C20H23N5O2/c1-3-14-13(2)22-18-12-16(23-25(18)19(14)26)17-9-5-7-11-24(17)20(27)15-8-4-6-10-21-15/h4,6,8,10,12,17,23H,3,5,7,9,11H2,1-2H3. The minimum Gasteiger partial charge on any atom is -0.329 e. The molecule has 0 radical (unpaired) electrons. The van der Waals surface area contributed by atoms with Crippen molar-refractivity contribution in [1.29, 1.82) is 0 Å². The molecule has 1 aliphatic heterocycles. The van der Waals surface area contributed by atoms with Crippen LogP contribution in [0.1, 0.15) is 59.7 Å². The molecule has 27 heavy (non-hydrogen) atoms. The molecule has 0 bridgehead atoms. The van der Waals surface area contributed by atoms with E-state index in [2.05, 4.69) is 15.1 Å². The predicted molar refractivity (Wildman–Crippen MR) is 102 cm³/mol. The molecule has 1 fully saturated rings. The van der Waals surface area contributed by atoms with E-state index in [0.717, 1.165) is 30.7 Å². The summed E-state index contributed by atoms with van der Waals surface area (Å²) < 4.78 is 1.50. The highest BCUT2D eigenvalue weighted by atomic mass is 16.2. The quantitative estimate of drug-likeness (QED) is 0.773. The number of nitrogens with zero attached hydrogens (tertiary/aromatic N) is 4. The summed E-state index contributed by atoms with van der Waals surface area (Å²) in [6, 6.07) is 7.14. The Morgan fingerprint density at radius 2 is 2.19 bits per heavy atom. The van der Waals surface area contributed by atoms with Crippen LogP contribution in [0.15, 0.2) is 35.3 Å². The van der Waals surface area contributed by atoms with Gasteiger partial charge in [0, 0.05) is 30.1 Å². The molecule has 1 N–H and O–H groups in total. The highest BCUT2D eigenvalue weighted by molar-refractivity contribution is 5.92. The van der Waals surface area contributed by atoms with Crippen molar-refractivity contribution in [2.75, 3.05) is 6.54 Å². The summed E-state index contributed by atoms with van der Waals surface area (Å²) in [4.78, 5) is 36.3. The van der Waals surface area contributed by atoms with E-state index < -0.39 is 0 Å². The molecule has 3 aromatic heterocycles. The van der Waals surface area contributed by atoms with Gasteiger partial charge in [-0.1, -0.05) is 13.0 Å². The molecule has 1 unspecified atom stereocenters. The summed E-state index contributed by atoms with van der Waals surface area (Å²) in [5, 5.41) is 3.20. The largest absolute Gasteiger partial charge is 0.329 e. The second-order valence-corrected chi connectivity index (χ2v) is 6.96. The molecular weight excluding hydrogens is 342 g/mol. The van der Waals surface area contributed by atoms with E-state index in [4.69, 9.17) is 0 Å². The Balaban J connectivity index is 1.75. The number of pyridine rings is 1. The fourth-order valence-electron chi connectivity index (χ4n) is 3.90. The number of piperidine rings is 1. The smallest absolute Gasteiger partial charge is 0.276 e. The minimum absolute atomic E-state index is 0.0651. The molecule has 3 aromatic rings. The lowest BCUT2D eigenvalue weighted by atomic mass is 9.99. The third-order valence-electron chi connectivity index (χ3n) is 5.30. The van der Waals surface area contributed by atoms with Gasteiger partial charge in [-0.3, -0.25) is 19.7 Å². The molecule has 4 rings (SSSR count). The second kappa shape index (κ2) is 6.98. The van der Waals surface area contributed by atoms with E-state index in [1.807, 2.05) is 30.9 Å². The van der Waals surface area contributed by atoms with Crippen molar-refractivity contribution < 1.29 is 4.79 Å². The average Bonchev–Trinajstić information content (AvgIpc) is 3.12. The number of likely N-dealkylation sites (tertiary alicyclic amines) is 1. The summed E-state index contributed by atoms with van der Waals surface area (Å²) in [6.45, 7) is 4.50. The van der Waals surface area contributed by atoms with Crippen LogP contribution in [0.5, 0.6) is 0 Å². The Bertz CT molecular complexity index is 1040. The number of amides is 1. The highest BCUT2D eigenvalue weighted by Crippen LogP contribution is 2.31. The van der Waals surface area contributed by atoms with Crippen molar-refractivity contribution in [3.05, 3.63) is 63.5 Å². The van der Waals surface area contributed by atoms with Gasteiger partial charge in [0.15, 0.2) is 5.65 Å². The Morgan fingerprint density at radius 1 is 1.33 bits per heavy atom. The summed E-state index contributed by atoms with van der Waals surface area (Å²) in [5.41, 5.74) is 3.30. The number of hydrogen-bond acceptors (Lipinski definition) is 4. The van der Waals surface area contributed by atoms with Gasteiger partial charge in [0.2, 0.25) is 0 Å². The van der Waals surface area contributed by atoms with E-state index in [0.29, 0.717) is 29.9 Å². The Labute approximate surface area is 157 Å². The van der Waals surface area contributed by atoms with Crippen LogP contribution >= 0.6 is 0 Å². The number of aromatic nitrogens is 4. The molecule has 0 spiro atoms. The van der Waals surface area contributed by atoms with Crippen LogP contribution in [-0.4, -0.2) is 36.9 Å². The summed E-state index contributed by atoms with van der Waals surface area (Å²) >= 11 is 0. The van der Waals surface area contributed by atoms with E-state index in [-0.39, 0.29) is 17.5 Å². The molecule has 7 heteroatoms. The Hall–Kier alpha value is -2.96. The number of carbonyl (C=O) groups excluding carboxylic acids is 1. The van der Waals surface area contributed by atoms with Crippen molar-refractivity contribution in [2.24, 2.45) is 0 Å². The lowest BCUT2D eigenvalue weighted by molar-refractivity contribution is 0.0599. The van der Waals surface area contributed by atoms with E-state index in [1.165, 1.54) is 4.52 Å². The lowest BCUT2D eigenvalue weighted by Gasteiger charge is -2.34. The Kier molecular flexibility index (Phi) is 4.51. The number of nitrogens with one attached hydrogen (secondary N) is 1. The number of carbonyl (C=O) groups is 1. The first-order chi connectivity index (χ1) is 13.1. The number of rotatable bonds is 3. The fourth-order valence-corrected chi connectivity index (χ4v) is 3.90. The summed E-state index contributed by atoms with van der Waals surface area (Å²) in [5.74, 6) is -0.0790. The second-order valence-electron chi connectivity index (χ2n) is 6.96. The van der Waals surface area contributed by atoms with Gasteiger partial charge in [-0.25, -0.2) is 9.50 Å². The van der Waals surface area contributed by atoms with Crippen LogP contribution in [-0.2, 0) is 6.42 Å². The van der Waals surface area contributed by atoms with E-state index in [9.17, 15) is 9.59 Å². The highest BCUT2D eigenvalue weighted by Gasteiger charge is 2.31. The maximum absolute atomic E-state index is 13.0. The molecule has 140 valence electrons. The molecule has 1 amide bonds. The van der Waals surface area contributed by atoms with Crippen LogP contribution in [0.4, 0.5) is 0 Å². The molecule has 0 saturated carbocycles. The fraction of sp³-hybridized carbons (Fsp3) is 0.400. The van der Waals surface area contributed by atoms with Crippen molar-refractivity contribution >= 4 is 11.6 Å². The third kappa shape index (κ3) is 3.03. The molecule has 7 nitrogen and oxygen atoms in total. The van der Waals surface area contributed by atoms with Crippen LogP contribution in [0.25, 0.3) is 5.65 Å². The predicted octanol–water partition coefficient (Wildman–Crippen LogP) is 2.66. The first-order valence-corrected chi connectivity index (χ1v) is 9.43. The van der Waals surface area contributed by atoms with Crippen molar-refractivity contribution in [3.8, 4) is 0 Å². The maximum Gasteiger partial charge on any atom is 0.276 e. The maximum atomic E-state index is 13.0. The molecule has 1 atom stereocenters. The molecular formula is C20H23N5O2. The summed E-state index contributed by atoms with van der Waals surface area (Å²) in [7, 11) is 0. The number of H-pyrrole nitrogens is 1. The van der Waals surface area contributed by atoms with Crippen LogP contribution < -0.4 is 5.56 Å². The normalized spacial score (nSPS) is 17.4. The monoisotopic (exact) mass is 365 g/mol. The van der Waals surface area contributed by atoms with Gasteiger partial charge < -0.3 is 4.90 Å². The van der Waals surface area contributed by atoms with Crippen molar-refractivity contribution in [1.82, 2.24) is 24.5 Å². The zero-order chi connectivity index (χ0) is 19.0. The number of fused-ring (bicyclic) bond motifs is 1. The average molecular weight is 365 g/mol. The van der Waals surface area contributed by atoms with Gasteiger partial charge in [0.1, 0.15) is 5.69 Å². The molecule has 0 aromatic carbocycles. The van der Waals surface area contributed by atoms with Crippen LogP contribution in [0.2, 0.25) is 0 Å². The zero-order valence-electron chi connectivity index (χ0n) is 15.6. The van der Waals surface area contributed by atoms with Gasteiger partial charge in [-0.05, 0) is 44.7 Å². The topological polar surface area (TPSA) is 83.4 Å². The number of hydrogen-bond donors (Lipinski definition) is 1. The van der Waals surface area contributed by atoms with Gasteiger partial charge in [0.05, 0.1) is 11.7 Å². The van der Waals surface area contributed by atoms with E-state index in [1.54, 1.807) is 18.3 Å². The van der Waals surface area contributed by atoms with Crippen LogP contribution in [0, 0.1) is 6.92 Å². The summed E-state index contributed by atoms with van der Waals surface area (Å²) in [6.07, 6.45) is 5.12. The molecule has 1 aliphatic rings. The first-order valence-electron chi connectivity index (χ1n) is 9.43. The Morgan fingerprint density at radius 3 is 2.93 bits per heavy atom. The van der Waals surface area contributed by atoms with Gasteiger partial charge in [0.25, 0.3) is 11.5 Å². The van der Waals surface area contributed by atoms with Gasteiger partial charge >= 0.3 is 0 Å². The number of aromatic amines is 1. The lowest BCUT2D eigenvalue weighted by Crippen LogP contribution is -2.39. The minimum atomic E-state index is -0.111. The molecule has 0 aliphatic carbocycles.